The number of nitro groups is 1. The topological polar surface area (TPSA) is 89.7 Å². The summed E-state index contributed by atoms with van der Waals surface area (Å²) in [5, 5.41) is 16.1. The van der Waals surface area contributed by atoms with Crippen LogP contribution in [-0.2, 0) is 0 Å². The van der Waals surface area contributed by atoms with Crippen LogP contribution in [0.5, 0.6) is 5.75 Å². The summed E-state index contributed by atoms with van der Waals surface area (Å²) in [5.74, 6) is 0.859. The van der Waals surface area contributed by atoms with Crippen molar-refractivity contribution in [1.82, 2.24) is 4.98 Å². The predicted molar refractivity (Wildman–Crippen MR) is 156 cm³/mol. The lowest BCUT2D eigenvalue weighted by molar-refractivity contribution is -0.384. The van der Waals surface area contributed by atoms with Crippen molar-refractivity contribution in [2.45, 2.75) is 46.5 Å². The maximum Gasteiger partial charge on any atom is 0.269 e. The summed E-state index contributed by atoms with van der Waals surface area (Å²) < 4.78 is 5.81. The van der Waals surface area contributed by atoms with E-state index in [0.29, 0.717) is 5.13 Å². The molecule has 0 fully saturated rings. The van der Waals surface area contributed by atoms with Gasteiger partial charge in [0.1, 0.15) is 5.75 Å². The molecule has 1 aromatic heterocycles. The molecule has 7 nitrogen and oxygen atoms in total. The van der Waals surface area contributed by atoms with Crippen LogP contribution in [0.4, 0.5) is 10.8 Å². The summed E-state index contributed by atoms with van der Waals surface area (Å²) in [7, 11) is 0. The number of hydrogen-bond acceptors (Lipinski definition) is 7. The van der Waals surface area contributed by atoms with E-state index >= 15 is 0 Å². The molecule has 0 spiro atoms. The maximum absolute atomic E-state index is 11.1. The fourth-order valence-electron chi connectivity index (χ4n) is 4.09. The van der Waals surface area contributed by atoms with Crippen LogP contribution in [0.1, 0.15) is 49.3 Å². The highest BCUT2D eigenvalue weighted by atomic mass is 32.1. The Morgan fingerprint density at radius 2 is 1.79 bits per heavy atom. The number of unbranched alkanes of at least 4 members (excludes halogenated alkanes) is 3. The molecule has 0 atom stereocenters. The molecule has 4 rings (SSSR count). The number of ether oxygens (including phenoxy) is 1. The first-order chi connectivity index (χ1) is 18.4. The number of benzene rings is 3. The van der Waals surface area contributed by atoms with Crippen LogP contribution in [0.3, 0.4) is 0 Å². The first-order valence-corrected chi connectivity index (χ1v) is 13.6. The Morgan fingerprint density at radius 1 is 1.03 bits per heavy atom. The van der Waals surface area contributed by atoms with Crippen molar-refractivity contribution in [1.29, 1.82) is 0 Å². The highest BCUT2D eigenvalue weighted by molar-refractivity contribution is 7.19. The fraction of sp³-hybridized carbons (Fsp3) is 0.267. The lowest BCUT2D eigenvalue weighted by atomic mass is 10.0. The molecule has 1 N–H and O–H groups in total. The SMILES string of the molecule is CCCCCCOc1ccc(/C=N\Nc2nc(-c3ccc(C)cc3C)c(-c3ccc([N+](=O)[O-])cc3)s2)cc1. The number of aryl methyl sites for hydroxylation is 2. The van der Waals surface area contributed by atoms with Gasteiger partial charge in [-0.15, -0.1) is 0 Å². The summed E-state index contributed by atoms with van der Waals surface area (Å²) in [6.07, 6.45) is 6.47. The average molecular weight is 529 g/mol. The Balaban J connectivity index is 1.50. The molecule has 0 saturated heterocycles. The molecule has 0 saturated carbocycles. The first kappa shape index (κ1) is 27.0. The van der Waals surface area contributed by atoms with Crippen LogP contribution >= 0.6 is 11.3 Å². The first-order valence-electron chi connectivity index (χ1n) is 12.8. The molecular formula is C30H32N4O3S. The number of nitrogens with zero attached hydrogens (tertiary/aromatic N) is 3. The van der Waals surface area contributed by atoms with Crippen molar-refractivity contribution in [3.63, 3.8) is 0 Å². The molecule has 0 bridgehead atoms. The molecule has 0 radical (unpaired) electrons. The predicted octanol–water partition coefficient (Wildman–Crippen LogP) is 8.41. The van der Waals surface area contributed by atoms with Gasteiger partial charge in [0.25, 0.3) is 5.69 Å². The molecule has 1 heterocycles. The second-order valence-corrected chi connectivity index (χ2v) is 10.2. The molecular weight excluding hydrogens is 496 g/mol. The zero-order valence-corrected chi connectivity index (χ0v) is 22.8. The third-order valence-electron chi connectivity index (χ3n) is 6.13. The molecule has 8 heteroatoms. The Kier molecular flexibility index (Phi) is 9.21. The standard InChI is InChI=1S/C30H32N4O3S/c1-4-5-6-7-18-37-26-15-9-23(10-16-26)20-31-33-30-32-28(27-17-8-21(2)19-22(27)3)29(38-30)24-11-13-25(14-12-24)34(35)36/h8-17,19-20H,4-7,18H2,1-3H3,(H,32,33)/b31-20-. The summed E-state index contributed by atoms with van der Waals surface area (Å²) in [4.78, 5) is 16.5. The van der Waals surface area contributed by atoms with E-state index in [1.807, 2.05) is 24.3 Å². The third-order valence-corrected chi connectivity index (χ3v) is 7.13. The van der Waals surface area contributed by atoms with Gasteiger partial charge in [0.05, 0.1) is 28.3 Å². The summed E-state index contributed by atoms with van der Waals surface area (Å²) in [6.45, 7) is 7.05. The van der Waals surface area contributed by atoms with Gasteiger partial charge in [-0.25, -0.2) is 4.98 Å². The molecule has 0 aliphatic carbocycles. The van der Waals surface area contributed by atoms with E-state index < -0.39 is 4.92 Å². The second kappa shape index (κ2) is 13.0. The van der Waals surface area contributed by atoms with E-state index in [2.05, 4.69) is 49.5 Å². The Labute approximate surface area is 227 Å². The van der Waals surface area contributed by atoms with Crippen molar-refractivity contribution in [3.8, 4) is 27.4 Å². The minimum Gasteiger partial charge on any atom is -0.494 e. The highest BCUT2D eigenvalue weighted by Crippen LogP contribution is 2.40. The van der Waals surface area contributed by atoms with E-state index in [1.54, 1.807) is 18.3 Å². The van der Waals surface area contributed by atoms with Crippen molar-refractivity contribution in [3.05, 3.63) is 93.5 Å². The number of anilines is 1. The highest BCUT2D eigenvalue weighted by Gasteiger charge is 2.17. The largest absolute Gasteiger partial charge is 0.494 e. The molecule has 196 valence electrons. The van der Waals surface area contributed by atoms with Gasteiger partial charge >= 0.3 is 0 Å². The van der Waals surface area contributed by atoms with Crippen LogP contribution in [0.15, 0.2) is 71.8 Å². The average Bonchev–Trinajstić information content (AvgIpc) is 3.33. The van der Waals surface area contributed by atoms with Crippen molar-refractivity contribution in [2.75, 3.05) is 12.0 Å². The Hall–Kier alpha value is -4.04. The quantitative estimate of drug-likeness (QED) is 0.0863. The molecule has 4 aromatic rings. The van der Waals surface area contributed by atoms with E-state index in [-0.39, 0.29) is 5.69 Å². The zero-order valence-electron chi connectivity index (χ0n) is 21.9. The number of nitro benzene ring substituents is 1. The molecule has 0 aliphatic heterocycles. The molecule has 0 aliphatic rings. The molecule has 0 amide bonds. The van der Waals surface area contributed by atoms with Crippen molar-refractivity contribution < 1.29 is 9.66 Å². The number of nitrogens with one attached hydrogen (secondary N) is 1. The number of thiazole rings is 1. The van der Waals surface area contributed by atoms with Crippen molar-refractivity contribution in [2.24, 2.45) is 5.10 Å². The number of hydrazone groups is 1. The van der Waals surface area contributed by atoms with Crippen LogP contribution in [-0.4, -0.2) is 22.7 Å². The van der Waals surface area contributed by atoms with Gasteiger partial charge in [-0.05, 0) is 73.4 Å². The van der Waals surface area contributed by atoms with Gasteiger partial charge in [-0.1, -0.05) is 61.3 Å². The van der Waals surface area contributed by atoms with Gasteiger partial charge < -0.3 is 4.74 Å². The lowest BCUT2D eigenvalue weighted by Gasteiger charge is -2.07. The van der Waals surface area contributed by atoms with Crippen LogP contribution in [0.25, 0.3) is 21.7 Å². The minimum absolute atomic E-state index is 0.0576. The Morgan fingerprint density at radius 3 is 2.47 bits per heavy atom. The number of non-ortho nitro benzene ring substituents is 1. The van der Waals surface area contributed by atoms with Gasteiger partial charge in [0.15, 0.2) is 0 Å². The number of rotatable bonds is 12. The van der Waals surface area contributed by atoms with E-state index in [9.17, 15) is 10.1 Å². The van der Waals surface area contributed by atoms with Crippen molar-refractivity contribution >= 4 is 28.4 Å². The second-order valence-electron chi connectivity index (χ2n) is 9.17. The lowest BCUT2D eigenvalue weighted by Crippen LogP contribution is -1.97. The van der Waals surface area contributed by atoms with Gasteiger partial charge in [0, 0.05) is 17.7 Å². The van der Waals surface area contributed by atoms with Crippen LogP contribution < -0.4 is 10.2 Å². The van der Waals surface area contributed by atoms with E-state index in [0.717, 1.165) is 51.6 Å². The van der Waals surface area contributed by atoms with E-state index in [4.69, 9.17) is 9.72 Å². The Bertz CT molecular complexity index is 1400. The normalized spacial score (nSPS) is 11.1. The van der Waals surface area contributed by atoms with E-state index in [1.165, 1.54) is 48.3 Å². The smallest absolute Gasteiger partial charge is 0.269 e. The summed E-state index contributed by atoms with van der Waals surface area (Å²) in [5.41, 5.74) is 9.05. The fourth-order valence-corrected chi connectivity index (χ4v) is 5.03. The van der Waals surface area contributed by atoms with Crippen LogP contribution in [0, 0.1) is 24.0 Å². The van der Waals surface area contributed by atoms with Crippen LogP contribution in [0.2, 0.25) is 0 Å². The number of aromatic nitrogens is 1. The van der Waals surface area contributed by atoms with Gasteiger partial charge in [-0.2, -0.15) is 5.10 Å². The third kappa shape index (κ3) is 7.04. The number of hydrogen-bond donors (Lipinski definition) is 1. The summed E-state index contributed by atoms with van der Waals surface area (Å²) >= 11 is 1.46. The van der Waals surface area contributed by atoms with Gasteiger partial charge in [0.2, 0.25) is 5.13 Å². The molecule has 38 heavy (non-hydrogen) atoms. The zero-order chi connectivity index (χ0) is 26.9. The molecule has 3 aromatic carbocycles. The molecule has 0 unspecified atom stereocenters. The maximum atomic E-state index is 11.1. The monoisotopic (exact) mass is 528 g/mol. The summed E-state index contributed by atoms with van der Waals surface area (Å²) in [6, 6.07) is 20.7. The minimum atomic E-state index is -0.393. The van der Waals surface area contributed by atoms with Gasteiger partial charge in [-0.3, -0.25) is 15.5 Å².